The minimum absolute atomic E-state index is 0.0312. The third-order valence-electron chi connectivity index (χ3n) is 3.13. The summed E-state index contributed by atoms with van der Waals surface area (Å²) in [5.74, 6) is 1.37. The Morgan fingerprint density at radius 2 is 2.22 bits per heavy atom. The molecule has 18 heavy (non-hydrogen) atoms. The molecular formula is C14H20N2O2. The number of nitrogens with two attached hydrogens (primary N) is 1. The second kappa shape index (κ2) is 5.40. The lowest BCUT2D eigenvalue weighted by Gasteiger charge is -2.30. The number of benzene rings is 1. The zero-order chi connectivity index (χ0) is 13.1. The molecule has 1 amide bonds. The SMILES string of the molecule is CC(C)CCN1C(=O)COc2cc(CN)ccc21. The number of carbonyl (C=O) groups is 1. The molecule has 4 heteroatoms. The number of carbonyl (C=O) groups excluding carboxylic acids is 1. The quantitative estimate of drug-likeness (QED) is 0.885. The molecule has 2 rings (SSSR count). The van der Waals surface area contributed by atoms with Crippen LogP contribution in [0.3, 0.4) is 0 Å². The lowest BCUT2D eigenvalue weighted by Crippen LogP contribution is -2.39. The molecule has 0 unspecified atom stereocenters. The highest BCUT2D eigenvalue weighted by molar-refractivity contribution is 5.97. The first-order valence-electron chi connectivity index (χ1n) is 6.38. The smallest absolute Gasteiger partial charge is 0.265 e. The van der Waals surface area contributed by atoms with Gasteiger partial charge in [0.25, 0.3) is 5.91 Å². The van der Waals surface area contributed by atoms with Gasteiger partial charge in [-0.05, 0) is 30.0 Å². The Hall–Kier alpha value is -1.55. The third-order valence-corrected chi connectivity index (χ3v) is 3.13. The summed E-state index contributed by atoms with van der Waals surface area (Å²) in [7, 11) is 0. The number of fused-ring (bicyclic) bond motifs is 1. The molecule has 0 bridgehead atoms. The number of rotatable bonds is 4. The Kier molecular flexibility index (Phi) is 3.87. The van der Waals surface area contributed by atoms with E-state index in [1.54, 1.807) is 0 Å². The molecule has 1 heterocycles. The van der Waals surface area contributed by atoms with E-state index in [2.05, 4.69) is 13.8 Å². The molecule has 0 fully saturated rings. The molecule has 4 nitrogen and oxygen atoms in total. The molecule has 1 aliphatic heterocycles. The van der Waals surface area contributed by atoms with Crippen LogP contribution in [0, 0.1) is 5.92 Å². The number of anilines is 1. The number of amides is 1. The number of nitrogens with zero attached hydrogens (tertiary/aromatic N) is 1. The van der Waals surface area contributed by atoms with Crippen LogP contribution in [0.1, 0.15) is 25.8 Å². The summed E-state index contributed by atoms with van der Waals surface area (Å²) in [6.07, 6.45) is 0.990. The molecule has 2 N–H and O–H groups in total. The fraction of sp³-hybridized carbons (Fsp3) is 0.500. The second-order valence-electron chi connectivity index (χ2n) is 5.02. The lowest BCUT2D eigenvalue weighted by molar-refractivity contribution is -0.121. The van der Waals surface area contributed by atoms with Crippen LogP contribution in [0.4, 0.5) is 5.69 Å². The Bertz CT molecular complexity index is 443. The lowest BCUT2D eigenvalue weighted by atomic mass is 10.1. The maximum atomic E-state index is 11.9. The van der Waals surface area contributed by atoms with Gasteiger partial charge in [-0.1, -0.05) is 19.9 Å². The molecule has 0 spiro atoms. The van der Waals surface area contributed by atoms with E-state index in [0.29, 0.717) is 12.5 Å². The van der Waals surface area contributed by atoms with Gasteiger partial charge < -0.3 is 15.4 Å². The predicted octanol–water partition coefficient (Wildman–Crippen LogP) is 1.92. The van der Waals surface area contributed by atoms with E-state index >= 15 is 0 Å². The number of hydrogen-bond donors (Lipinski definition) is 1. The molecule has 1 aliphatic rings. The summed E-state index contributed by atoms with van der Waals surface area (Å²) in [5, 5.41) is 0. The average Bonchev–Trinajstić information content (AvgIpc) is 2.36. The molecule has 0 aromatic heterocycles. The summed E-state index contributed by atoms with van der Waals surface area (Å²) < 4.78 is 5.47. The van der Waals surface area contributed by atoms with Crippen molar-refractivity contribution in [2.45, 2.75) is 26.8 Å². The van der Waals surface area contributed by atoms with Gasteiger partial charge >= 0.3 is 0 Å². The van der Waals surface area contributed by atoms with Gasteiger partial charge in [0.05, 0.1) is 5.69 Å². The molecular weight excluding hydrogens is 228 g/mol. The summed E-state index contributed by atoms with van der Waals surface area (Å²) in [4.78, 5) is 13.7. The van der Waals surface area contributed by atoms with Gasteiger partial charge in [0.2, 0.25) is 0 Å². The molecule has 0 atom stereocenters. The standard InChI is InChI=1S/C14H20N2O2/c1-10(2)5-6-16-12-4-3-11(8-15)7-13(12)18-9-14(16)17/h3-4,7,10H,5-6,8-9,15H2,1-2H3. The van der Waals surface area contributed by atoms with E-state index in [-0.39, 0.29) is 12.5 Å². The van der Waals surface area contributed by atoms with Crippen molar-refractivity contribution in [1.29, 1.82) is 0 Å². The van der Waals surface area contributed by atoms with Crippen LogP contribution >= 0.6 is 0 Å². The van der Waals surface area contributed by atoms with Gasteiger partial charge in [-0.25, -0.2) is 0 Å². The van der Waals surface area contributed by atoms with Crippen LogP contribution in [0.25, 0.3) is 0 Å². The summed E-state index contributed by atoms with van der Waals surface area (Å²) in [6.45, 7) is 5.66. The van der Waals surface area contributed by atoms with E-state index in [4.69, 9.17) is 10.5 Å². The van der Waals surface area contributed by atoms with Crippen LogP contribution in [0.15, 0.2) is 18.2 Å². The summed E-state index contributed by atoms with van der Waals surface area (Å²) >= 11 is 0. The monoisotopic (exact) mass is 248 g/mol. The fourth-order valence-electron chi connectivity index (χ4n) is 2.01. The maximum Gasteiger partial charge on any atom is 0.265 e. The van der Waals surface area contributed by atoms with Gasteiger partial charge in [0.1, 0.15) is 5.75 Å². The minimum atomic E-state index is 0.0312. The van der Waals surface area contributed by atoms with Crippen LogP contribution in [0.5, 0.6) is 5.75 Å². The van der Waals surface area contributed by atoms with E-state index < -0.39 is 0 Å². The molecule has 0 saturated heterocycles. The summed E-state index contributed by atoms with van der Waals surface area (Å²) in [6, 6.07) is 5.79. The molecule has 0 saturated carbocycles. The zero-order valence-corrected chi connectivity index (χ0v) is 11.0. The molecule has 98 valence electrons. The Labute approximate surface area is 108 Å². The Balaban J connectivity index is 2.24. The minimum Gasteiger partial charge on any atom is -0.482 e. The summed E-state index contributed by atoms with van der Waals surface area (Å²) in [5.41, 5.74) is 7.49. The number of hydrogen-bond acceptors (Lipinski definition) is 3. The Morgan fingerprint density at radius 1 is 1.44 bits per heavy atom. The largest absolute Gasteiger partial charge is 0.482 e. The highest BCUT2D eigenvalue weighted by atomic mass is 16.5. The topological polar surface area (TPSA) is 55.6 Å². The van der Waals surface area contributed by atoms with Crippen molar-refractivity contribution in [1.82, 2.24) is 0 Å². The van der Waals surface area contributed by atoms with E-state index in [0.717, 1.165) is 30.0 Å². The van der Waals surface area contributed by atoms with Gasteiger partial charge in [-0.15, -0.1) is 0 Å². The van der Waals surface area contributed by atoms with E-state index in [1.807, 2.05) is 23.1 Å². The fourth-order valence-corrected chi connectivity index (χ4v) is 2.01. The van der Waals surface area contributed by atoms with Crippen molar-refractivity contribution in [2.24, 2.45) is 11.7 Å². The van der Waals surface area contributed by atoms with Crippen molar-refractivity contribution in [3.63, 3.8) is 0 Å². The third kappa shape index (κ3) is 2.64. The van der Waals surface area contributed by atoms with Crippen LogP contribution in [-0.2, 0) is 11.3 Å². The molecule has 1 aromatic carbocycles. The maximum absolute atomic E-state index is 11.9. The highest BCUT2D eigenvalue weighted by Gasteiger charge is 2.25. The normalized spacial score (nSPS) is 14.7. The van der Waals surface area contributed by atoms with Crippen molar-refractivity contribution in [3.05, 3.63) is 23.8 Å². The molecule has 0 radical (unpaired) electrons. The first-order valence-corrected chi connectivity index (χ1v) is 6.38. The van der Waals surface area contributed by atoms with Gasteiger partial charge in [0, 0.05) is 13.1 Å². The average molecular weight is 248 g/mol. The predicted molar refractivity (Wildman–Crippen MR) is 71.6 cm³/mol. The van der Waals surface area contributed by atoms with Crippen LogP contribution in [-0.4, -0.2) is 19.1 Å². The van der Waals surface area contributed by atoms with E-state index in [1.165, 1.54) is 0 Å². The van der Waals surface area contributed by atoms with Crippen molar-refractivity contribution < 1.29 is 9.53 Å². The molecule has 0 aliphatic carbocycles. The Morgan fingerprint density at radius 3 is 2.89 bits per heavy atom. The second-order valence-corrected chi connectivity index (χ2v) is 5.02. The van der Waals surface area contributed by atoms with Crippen molar-refractivity contribution in [2.75, 3.05) is 18.1 Å². The highest BCUT2D eigenvalue weighted by Crippen LogP contribution is 2.33. The first kappa shape index (κ1) is 12.9. The van der Waals surface area contributed by atoms with Gasteiger partial charge in [-0.3, -0.25) is 4.79 Å². The van der Waals surface area contributed by atoms with Gasteiger partial charge in [0.15, 0.2) is 6.61 Å². The van der Waals surface area contributed by atoms with Crippen molar-refractivity contribution >= 4 is 11.6 Å². The van der Waals surface area contributed by atoms with E-state index in [9.17, 15) is 4.79 Å². The van der Waals surface area contributed by atoms with Crippen LogP contribution < -0.4 is 15.4 Å². The van der Waals surface area contributed by atoms with Crippen LogP contribution in [0.2, 0.25) is 0 Å². The van der Waals surface area contributed by atoms with Gasteiger partial charge in [-0.2, -0.15) is 0 Å². The van der Waals surface area contributed by atoms with Crippen molar-refractivity contribution in [3.8, 4) is 5.75 Å². The first-order chi connectivity index (χ1) is 8.61. The number of ether oxygens (including phenoxy) is 1. The zero-order valence-electron chi connectivity index (χ0n) is 11.0. The molecule has 1 aromatic rings.